The predicted molar refractivity (Wildman–Crippen MR) is 74.8 cm³/mol. The number of rotatable bonds is 9. The van der Waals surface area contributed by atoms with E-state index in [-0.39, 0.29) is 6.04 Å². The van der Waals surface area contributed by atoms with Crippen LogP contribution in [-0.4, -0.2) is 0 Å². The summed E-state index contributed by atoms with van der Waals surface area (Å²) in [5, 5.41) is 0. The monoisotopic (exact) mass is 232 g/mol. The van der Waals surface area contributed by atoms with Gasteiger partial charge in [0.25, 0.3) is 0 Å². The highest BCUT2D eigenvalue weighted by Gasteiger charge is 2.04. The molecule has 0 bridgehead atoms. The highest BCUT2D eigenvalue weighted by molar-refractivity contribution is 5.16. The van der Waals surface area contributed by atoms with Crippen molar-refractivity contribution in [1.29, 1.82) is 0 Å². The van der Waals surface area contributed by atoms with Gasteiger partial charge in [-0.3, -0.25) is 0 Å². The maximum Gasteiger partial charge on any atom is 0.0301 e. The quantitative estimate of drug-likeness (QED) is 0.617. The van der Waals surface area contributed by atoms with Crippen LogP contribution < -0.4 is 5.73 Å². The molecule has 1 radical (unpaired) electrons. The van der Waals surface area contributed by atoms with Crippen molar-refractivity contribution in [2.75, 3.05) is 0 Å². The average molecular weight is 232 g/mol. The van der Waals surface area contributed by atoms with Gasteiger partial charge in [0, 0.05) is 6.04 Å². The maximum absolute atomic E-state index is 6.13. The van der Waals surface area contributed by atoms with Gasteiger partial charge in [-0.15, -0.1) is 0 Å². The van der Waals surface area contributed by atoms with Crippen molar-refractivity contribution in [1.82, 2.24) is 0 Å². The first-order valence-electron chi connectivity index (χ1n) is 7.06. The summed E-state index contributed by atoms with van der Waals surface area (Å²) in [4.78, 5) is 0. The molecule has 0 aliphatic carbocycles. The van der Waals surface area contributed by atoms with Crippen molar-refractivity contribution < 1.29 is 0 Å². The second-order valence-electron chi connectivity index (χ2n) is 4.83. The fourth-order valence-corrected chi connectivity index (χ4v) is 2.11. The van der Waals surface area contributed by atoms with Gasteiger partial charge in [-0.25, -0.2) is 0 Å². The van der Waals surface area contributed by atoms with E-state index in [0.717, 1.165) is 12.0 Å². The lowest BCUT2D eigenvalue weighted by atomic mass is 10.0. The van der Waals surface area contributed by atoms with E-state index >= 15 is 0 Å². The molecule has 0 spiro atoms. The number of nitrogens with two attached hydrogens (primary N) is 1. The van der Waals surface area contributed by atoms with Crippen molar-refractivity contribution in [3.05, 3.63) is 35.9 Å². The molecule has 0 aromatic heterocycles. The van der Waals surface area contributed by atoms with Gasteiger partial charge < -0.3 is 5.73 Å². The van der Waals surface area contributed by atoms with Crippen LogP contribution in [0.25, 0.3) is 0 Å². The Hall–Kier alpha value is -0.820. The summed E-state index contributed by atoms with van der Waals surface area (Å²) >= 11 is 0. The minimum absolute atomic E-state index is 0.173. The molecule has 0 aliphatic rings. The van der Waals surface area contributed by atoms with Crippen LogP contribution in [0.4, 0.5) is 0 Å². The predicted octanol–water partition coefficient (Wildman–Crippen LogP) is 4.63. The van der Waals surface area contributed by atoms with Crippen LogP contribution in [0.5, 0.6) is 0 Å². The molecule has 0 fully saturated rings. The summed E-state index contributed by atoms with van der Waals surface area (Å²) in [6.45, 7) is 2.26. The smallest absolute Gasteiger partial charge is 0.0301 e. The topological polar surface area (TPSA) is 26.0 Å². The summed E-state index contributed by atoms with van der Waals surface area (Å²) in [7, 11) is 0. The molecule has 1 nitrogen and oxygen atoms in total. The molecule has 1 atom stereocenters. The molecular weight excluding hydrogens is 206 g/mol. The van der Waals surface area contributed by atoms with Crippen molar-refractivity contribution in [3.8, 4) is 0 Å². The Morgan fingerprint density at radius 3 is 2.41 bits per heavy atom. The third kappa shape index (κ3) is 6.48. The normalized spacial score (nSPS) is 12.6. The van der Waals surface area contributed by atoms with Crippen molar-refractivity contribution in [3.63, 3.8) is 0 Å². The first kappa shape index (κ1) is 14.2. The van der Waals surface area contributed by atoms with E-state index < -0.39 is 0 Å². The Kier molecular flexibility index (Phi) is 7.74. The van der Waals surface area contributed by atoms with Gasteiger partial charge in [-0.05, 0) is 18.1 Å². The molecule has 0 saturated carbocycles. The van der Waals surface area contributed by atoms with E-state index in [1.807, 2.05) is 18.2 Å². The molecule has 1 unspecified atom stereocenters. The van der Waals surface area contributed by atoms with Gasteiger partial charge in [0.15, 0.2) is 0 Å². The molecule has 0 amide bonds. The Morgan fingerprint density at radius 2 is 1.76 bits per heavy atom. The van der Waals surface area contributed by atoms with Gasteiger partial charge in [-0.1, -0.05) is 76.1 Å². The van der Waals surface area contributed by atoms with Gasteiger partial charge in [-0.2, -0.15) is 0 Å². The van der Waals surface area contributed by atoms with Gasteiger partial charge >= 0.3 is 0 Å². The summed E-state index contributed by atoms with van der Waals surface area (Å²) in [5.74, 6) is 0. The van der Waals surface area contributed by atoms with Crippen LogP contribution in [0.3, 0.4) is 0 Å². The van der Waals surface area contributed by atoms with Crippen LogP contribution in [0, 0.1) is 6.07 Å². The second-order valence-corrected chi connectivity index (χ2v) is 4.83. The molecule has 2 N–H and O–H groups in total. The highest BCUT2D eigenvalue weighted by atomic mass is 14.6. The molecule has 1 aromatic carbocycles. The minimum Gasteiger partial charge on any atom is -0.324 e. The third-order valence-electron chi connectivity index (χ3n) is 3.25. The lowest BCUT2D eigenvalue weighted by molar-refractivity contribution is 0.541. The standard InChI is InChI=1S/C16H26N/c1-2-3-4-5-6-7-11-14-16(17)15-12-9-8-10-13-15/h8-10,12,16H,2-7,11,14,17H2,1H3. The molecule has 0 heterocycles. The third-order valence-corrected chi connectivity index (χ3v) is 3.25. The van der Waals surface area contributed by atoms with Crippen LogP contribution >= 0.6 is 0 Å². The van der Waals surface area contributed by atoms with Crippen LogP contribution in [0.15, 0.2) is 24.3 Å². The van der Waals surface area contributed by atoms with E-state index in [4.69, 9.17) is 5.73 Å². The number of hydrogen-bond acceptors (Lipinski definition) is 1. The average Bonchev–Trinajstić information content (AvgIpc) is 2.38. The zero-order valence-corrected chi connectivity index (χ0v) is 11.1. The lowest BCUT2D eigenvalue weighted by Gasteiger charge is -2.11. The Bertz CT molecular complexity index is 268. The summed E-state index contributed by atoms with van der Waals surface area (Å²) in [5.41, 5.74) is 7.28. The summed E-state index contributed by atoms with van der Waals surface area (Å²) in [6, 6.07) is 11.4. The van der Waals surface area contributed by atoms with Crippen molar-refractivity contribution in [2.24, 2.45) is 5.73 Å². The van der Waals surface area contributed by atoms with E-state index in [1.54, 1.807) is 0 Å². The Morgan fingerprint density at radius 1 is 1.06 bits per heavy atom. The van der Waals surface area contributed by atoms with Crippen LogP contribution in [0.2, 0.25) is 0 Å². The minimum atomic E-state index is 0.173. The fraction of sp³-hybridized carbons (Fsp3) is 0.625. The SMILES string of the molecule is CCCCCCCCCC(N)c1[c]cccc1. The molecule has 1 heteroatoms. The summed E-state index contributed by atoms with van der Waals surface area (Å²) in [6.07, 6.45) is 10.5. The largest absolute Gasteiger partial charge is 0.324 e. The first-order valence-corrected chi connectivity index (χ1v) is 7.06. The van der Waals surface area contributed by atoms with Crippen LogP contribution in [-0.2, 0) is 0 Å². The fourth-order valence-electron chi connectivity index (χ4n) is 2.11. The van der Waals surface area contributed by atoms with Gasteiger partial charge in [0.05, 0.1) is 0 Å². The second kappa shape index (κ2) is 9.23. The molecular formula is C16H26N. The zero-order valence-electron chi connectivity index (χ0n) is 11.1. The van der Waals surface area contributed by atoms with Crippen LogP contribution in [0.1, 0.15) is 69.9 Å². The number of unbranched alkanes of at least 4 members (excludes halogenated alkanes) is 6. The molecule has 95 valence electrons. The van der Waals surface area contributed by atoms with E-state index in [1.165, 1.54) is 44.9 Å². The van der Waals surface area contributed by atoms with E-state index in [0.29, 0.717) is 0 Å². The molecule has 17 heavy (non-hydrogen) atoms. The first-order chi connectivity index (χ1) is 8.34. The maximum atomic E-state index is 6.13. The highest BCUT2D eigenvalue weighted by Crippen LogP contribution is 2.17. The van der Waals surface area contributed by atoms with E-state index in [2.05, 4.69) is 19.1 Å². The van der Waals surface area contributed by atoms with Gasteiger partial charge in [0.2, 0.25) is 0 Å². The van der Waals surface area contributed by atoms with Crippen molar-refractivity contribution in [2.45, 2.75) is 64.3 Å². The number of benzene rings is 1. The Labute approximate surface area is 106 Å². The van der Waals surface area contributed by atoms with Gasteiger partial charge in [0.1, 0.15) is 0 Å². The molecule has 0 aliphatic heterocycles. The van der Waals surface area contributed by atoms with Crippen molar-refractivity contribution >= 4 is 0 Å². The number of hydrogen-bond donors (Lipinski definition) is 1. The molecule has 0 saturated heterocycles. The summed E-state index contributed by atoms with van der Waals surface area (Å²) < 4.78 is 0. The molecule has 1 rings (SSSR count). The molecule has 1 aromatic rings. The lowest BCUT2D eigenvalue weighted by Crippen LogP contribution is -2.09. The zero-order chi connectivity index (χ0) is 12.3. The van der Waals surface area contributed by atoms with E-state index in [9.17, 15) is 0 Å². The Balaban J connectivity index is 2.03.